The van der Waals surface area contributed by atoms with Crippen LogP contribution in [0, 0.1) is 0 Å². The van der Waals surface area contributed by atoms with Crippen LogP contribution in [0.15, 0.2) is 47.5 Å². The third-order valence-electron chi connectivity index (χ3n) is 5.79. The Morgan fingerprint density at radius 1 is 0.938 bits per heavy atom. The minimum absolute atomic E-state index is 0.240. The molecule has 9 heteroatoms. The van der Waals surface area contributed by atoms with E-state index < -0.39 is 10.0 Å². The van der Waals surface area contributed by atoms with Crippen molar-refractivity contribution in [3.05, 3.63) is 42.6 Å². The standard InChI is InChI=1S/C23H35N5O3S/c1-25(2)13-7-8-14-26(3)32(29,30)20-11-12-23(24-19-20)28-17-15-27(16-18-28)21-9-5-6-10-22(21)31-4/h5-6,9-12,19H,7-8,13-18H2,1-4H3. The number of hydrogen-bond donors (Lipinski definition) is 0. The van der Waals surface area contributed by atoms with Crippen molar-refractivity contribution < 1.29 is 13.2 Å². The molecule has 0 bridgehead atoms. The summed E-state index contributed by atoms with van der Waals surface area (Å²) in [7, 11) is 3.84. The van der Waals surface area contributed by atoms with Crippen molar-refractivity contribution in [1.29, 1.82) is 0 Å². The van der Waals surface area contributed by atoms with Gasteiger partial charge >= 0.3 is 0 Å². The molecule has 0 amide bonds. The van der Waals surface area contributed by atoms with Crippen LogP contribution in [0.3, 0.4) is 0 Å². The van der Waals surface area contributed by atoms with Crippen LogP contribution in [0.4, 0.5) is 11.5 Å². The van der Waals surface area contributed by atoms with Gasteiger partial charge in [-0.3, -0.25) is 0 Å². The summed E-state index contributed by atoms with van der Waals surface area (Å²) in [5.74, 6) is 1.68. The second-order valence-electron chi connectivity index (χ2n) is 8.34. The van der Waals surface area contributed by atoms with E-state index in [0.717, 1.165) is 62.8 Å². The molecule has 0 N–H and O–H groups in total. The SMILES string of the molecule is COc1ccccc1N1CCN(c2ccc(S(=O)(=O)N(C)CCCCN(C)C)cn2)CC1. The van der Waals surface area contributed by atoms with Crippen molar-refractivity contribution in [2.24, 2.45) is 0 Å². The van der Waals surface area contributed by atoms with Crippen LogP contribution < -0.4 is 14.5 Å². The van der Waals surface area contributed by atoms with E-state index in [9.17, 15) is 8.42 Å². The van der Waals surface area contributed by atoms with Crippen LogP contribution in [0.25, 0.3) is 0 Å². The molecule has 0 atom stereocenters. The van der Waals surface area contributed by atoms with Crippen molar-refractivity contribution in [2.45, 2.75) is 17.7 Å². The van der Waals surface area contributed by atoms with Crippen LogP contribution in [0.5, 0.6) is 5.75 Å². The van der Waals surface area contributed by atoms with Crippen LogP contribution >= 0.6 is 0 Å². The van der Waals surface area contributed by atoms with Gasteiger partial charge in [0.05, 0.1) is 12.8 Å². The number of methoxy groups -OCH3 is 1. The number of piperazine rings is 1. The Kier molecular flexibility index (Phi) is 8.33. The zero-order valence-corrected chi connectivity index (χ0v) is 20.4. The van der Waals surface area contributed by atoms with E-state index in [1.54, 1.807) is 20.2 Å². The average molecular weight is 462 g/mol. The number of sulfonamides is 1. The summed E-state index contributed by atoms with van der Waals surface area (Å²) < 4.78 is 32.6. The first-order valence-electron chi connectivity index (χ1n) is 11.0. The fraction of sp³-hybridized carbons (Fsp3) is 0.522. The summed E-state index contributed by atoms with van der Waals surface area (Å²) in [6.45, 7) is 4.76. The number of nitrogens with zero attached hydrogens (tertiary/aromatic N) is 5. The lowest BCUT2D eigenvalue weighted by atomic mass is 10.2. The van der Waals surface area contributed by atoms with Crippen molar-refractivity contribution in [1.82, 2.24) is 14.2 Å². The Morgan fingerprint density at radius 3 is 2.22 bits per heavy atom. The number of benzene rings is 1. The first kappa shape index (κ1) is 24.3. The number of anilines is 2. The molecule has 2 heterocycles. The van der Waals surface area contributed by atoms with Gasteiger partial charge in [0.1, 0.15) is 16.5 Å². The van der Waals surface area contributed by atoms with Gasteiger partial charge in [0, 0.05) is 46.0 Å². The number of hydrogen-bond acceptors (Lipinski definition) is 7. The monoisotopic (exact) mass is 461 g/mol. The summed E-state index contributed by atoms with van der Waals surface area (Å²) >= 11 is 0. The molecule has 8 nitrogen and oxygen atoms in total. The van der Waals surface area contributed by atoms with Crippen LogP contribution in [0.1, 0.15) is 12.8 Å². The van der Waals surface area contributed by atoms with Gasteiger partial charge in [0.15, 0.2) is 0 Å². The highest BCUT2D eigenvalue weighted by atomic mass is 32.2. The highest BCUT2D eigenvalue weighted by molar-refractivity contribution is 7.89. The van der Waals surface area contributed by atoms with Crippen LogP contribution in [-0.4, -0.2) is 90.1 Å². The smallest absolute Gasteiger partial charge is 0.244 e. The van der Waals surface area contributed by atoms with E-state index in [4.69, 9.17) is 4.74 Å². The minimum Gasteiger partial charge on any atom is -0.495 e. The molecule has 0 aliphatic carbocycles. The number of unbranched alkanes of at least 4 members (excludes halogenated alkanes) is 1. The third-order valence-corrected chi connectivity index (χ3v) is 7.63. The summed E-state index contributed by atoms with van der Waals surface area (Å²) in [5, 5.41) is 0. The largest absolute Gasteiger partial charge is 0.495 e. The average Bonchev–Trinajstić information content (AvgIpc) is 2.81. The molecular weight excluding hydrogens is 426 g/mol. The Bertz CT molecular complexity index is 958. The van der Waals surface area contributed by atoms with Gasteiger partial charge in [-0.2, -0.15) is 0 Å². The molecule has 1 aromatic heterocycles. The highest BCUT2D eigenvalue weighted by Crippen LogP contribution is 2.29. The molecule has 1 aromatic carbocycles. The summed E-state index contributed by atoms with van der Waals surface area (Å²) in [4.78, 5) is 11.3. The maximum Gasteiger partial charge on any atom is 0.244 e. The van der Waals surface area contributed by atoms with Crippen LogP contribution in [0.2, 0.25) is 0 Å². The molecular formula is C23H35N5O3S. The molecule has 32 heavy (non-hydrogen) atoms. The second-order valence-corrected chi connectivity index (χ2v) is 10.4. The van der Waals surface area contributed by atoms with Crippen LogP contribution in [-0.2, 0) is 10.0 Å². The minimum atomic E-state index is -3.52. The fourth-order valence-electron chi connectivity index (χ4n) is 3.84. The summed E-state index contributed by atoms with van der Waals surface area (Å²) in [5.41, 5.74) is 1.10. The van der Waals surface area contributed by atoms with E-state index in [1.807, 2.05) is 38.4 Å². The predicted octanol–water partition coefficient (Wildman–Crippen LogP) is 2.38. The zero-order chi connectivity index (χ0) is 23.1. The number of ether oxygens (including phenoxy) is 1. The van der Waals surface area contributed by atoms with E-state index >= 15 is 0 Å². The Morgan fingerprint density at radius 2 is 1.59 bits per heavy atom. The van der Waals surface area contributed by atoms with Crippen molar-refractivity contribution in [3.8, 4) is 5.75 Å². The molecule has 0 spiro atoms. The molecule has 176 valence electrons. The Hall–Kier alpha value is -2.36. The first-order valence-corrected chi connectivity index (χ1v) is 12.5. The van der Waals surface area contributed by atoms with E-state index in [-0.39, 0.29) is 4.90 Å². The molecule has 0 radical (unpaired) electrons. The Balaban J connectivity index is 1.57. The number of aromatic nitrogens is 1. The van der Waals surface area contributed by atoms with E-state index in [0.29, 0.717) is 6.54 Å². The first-order chi connectivity index (χ1) is 15.3. The molecule has 1 fully saturated rings. The second kappa shape index (κ2) is 11.0. The van der Waals surface area contributed by atoms with Crippen molar-refractivity contribution in [3.63, 3.8) is 0 Å². The van der Waals surface area contributed by atoms with Crippen molar-refractivity contribution in [2.75, 3.05) is 77.3 Å². The number of rotatable bonds is 10. The van der Waals surface area contributed by atoms with Gasteiger partial charge in [-0.15, -0.1) is 0 Å². The number of para-hydroxylation sites is 2. The van der Waals surface area contributed by atoms with Gasteiger partial charge < -0.3 is 19.4 Å². The molecule has 1 saturated heterocycles. The molecule has 2 aromatic rings. The predicted molar refractivity (Wildman–Crippen MR) is 129 cm³/mol. The van der Waals surface area contributed by atoms with Gasteiger partial charge in [-0.05, 0) is 57.7 Å². The van der Waals surface area contributed by atoms with Gasteiger partial charge in [0.2, 0.25) is 10.0 Å². The summed E-state index contributed by atoms with van der Waals surface area (Å²) in [6.07, 6.45) is 3.27. The Labute approximate surface area is 192 Å². The van der Waals surface area contributed by atoms with Gasteiger partial charge in [-0.1, -0.05) is 12.1 Å². The number of pyridine rings is 1. The maximum atomic E-state index is 12.9. The molecule has 1 aliphatic rings. The molecule has 0 unspecified atom stereocenters. The molecule has 3 rings (SSSR count). The van der Waals surface area contributed by atoms with E-state index in [2.05, 4.69) is 25.8 Å². The molecule has 0 saturated carbocycles. The third kappa shape index (κ3) is 5.90. The quantitative estimate of drug-likeness (QED) is 0.503. The lowest BCUT2D eigenvalue weighted by molar-refractivity contribution is 0.378. The zero-order valence-electron chi connectivity index (χ0n) is 19.6. The van der Waals surface area contributed by atoms with Gasteiger partial charge in [0.25, 0.3) is 0 Å². The lowest BCUT2D eigenvalue weighted by Crippen LogP contribution is -2.47. The van der Waals surface area contributed by atoms with E-state index in [1.165, 1.54) is 10.5 Å². The topological polar surface area (TPSA) is 69.2 Å². The summed E-state index contributed by atoms with van der Waals surface area (Å²) in [6, 6.07) is 11.5. The lowest BCUT2D eigenvalue weighted by Gasteiger charge is -2.37. The highest BCUT2D eigenvalue weighted by Gasteiger charge is 2.23. The maximum absolute atomic E-state index is 12.9. The normalized spacial score (nSPS) is 14.9. The van der Waals surface area contributed by atoms with Gasteiger partial charge in [-0.25, -0.2) is 17.7 Å². The van der Waals surface area contributed by atoms with Crippen molar-refractivity contribution >= 4 is 21.5 Å². The molecule has 1 aliphatic heterocycles. The fourth-order valence-corrected chi connectivity index (χ4v) is 5.00.